The van der Waals surface area contributed by atoms with Crippen molar-refractivity contribution in [3.8, 4) is 17.6 Å². The summed E-state index contributed by atoms with van der Waals surface area (Å²) in [7, 11) is 0. The van der Waals surface area contributed by atoms with Crippen molar-refractivity contribution >= 4 is 5.91 Å². The number of nitrogens with one attached hydrogen (secondary N) is 1. The van der Waals surface area contributed by atoms with Gasteiger partial charge in [0.1, 0.15) is 12.2 Å². The fraction of sp³-hybridized carbons (Fsp3) is 0.519. The first kappa shape index (κ1) is 21.2. The number of nitrogens with zero attached hydrogens (tertiary/aromatic N) is 3. The minimum atomic E-state index is -0.993. The molecule has 2 saturated carbocycles. The lowest BCUT2D eigenvalue weighted by Crippen LogP contribution is -2.78. The number of piperidine rings is 1. The van der Waals surface area contributed by atoms with Gasteiger partial charge in [-0.1, -0.05) is 6.07 Å². The van der Waals surface area contributed by atoms with Crippen LogP contribution in [0.3, 0.4) is 0 Å². The molecule has 0 radical (unpaired) electrons. The van der Waals surface area contributed by atoms with Crippen molar-refractivity contribution in [3.05, 3.63) is 52.8 Å². The molecule has 1 aromatic carbocycles. The van der Waals surface area contributed by atoms with E-state index in [1.54, 1.807) is 12.1 Å². The zero-order chi connectivity index (χ0) is 23.9. The van der Waals surface area contributed by atoms with Crippen molar-refractivity contribution in [2.24, 2.45) is 5.92 Å². The van der Waals surface area contributed by atoms with Gasteiger partial charge in [0.05, 0.1) is 28.2 Å². The number of aromatic nitrogens is 1. The second-order valence-electron chi connectivity index (χ2n) is 10.9. The van der Waals surface area contributed by atoms with Crippen LogP contribution >= 0.6 is 0 Å². The van der Waals surface area contributed by atoms with E-state index in [2.05, 4.69) is 15.2 Å². The third-order valence-corrected chi connectivity index (χ3v) is 9.27. The topological polar surface area (TPSA) is 119 Å². The zero-order valence-electron chi connectivity index (χ0n) is 19.4. The molecule has 2 aliphatic heterocycles. The van der Waals surface area contributed by atoms with E-state index in [1.807, 2.05) is 12.1 Å². The molecule has 3 aliphatic carbocycles. The predicted octanol–water partition coefficient (Wildman–Crippen LogP) is 2.02. The Hall–Kier alpha value is -3.15. The smallest absolute Gasteiger partial charge is 0.253 e. The molecule has 1 amide bonds. The van der Waals surface area contributed by atoms with Crippen LogP contribution in [0.2, 0.25) is 0 Å². The van der Waals surface area contributed by atoms with E-state index in [0.29, 0.717) is 25.0 Å². The number of amides is 1. The van der Waals surface area contributed by atoms with Gasteiger partial charge in [-0.2, -0.15) is 5.26 Å². The monoisotopic (exact) mass is 472 g/mol. The molecule has 1 saturated heterocycles. The summed E-state index contributed by atoms with van der Waals surface area (Å²) < 4.78 is 6.49. The maximum absolute atomic E-state index is 13.2. The lowest BCUT2D eigenvalue weighted by Gasteiger charge is -2.64. The van der Waals surface area contributed by atoms with Gasteiger partial charge in [0.15, 0.2) is 11.5 Å². The van der Waals surface area contributed by atoms with Gasteiger partial charge in [0.2, 0.25) is 0 Å². The Balaban J connectivity index is 1.30. The van der Waals surface area contributed by atoms with E-state index in [1.165, 1.54) is 25.2 Å². The molecule has 3 N–H and O–H groups in total. The Labute approximate surface area is 203 Å². The van der Waals surface area contributed by atoms with Crippen molar-refractivity contribution in [2.75, 3.05) is 13.1 Å². The fourth-order valence-electron chi connectivity index (χ4n) is 7.56. The molecule has 3 heterocycles. The van der Waals surface area contributed by atoms with Crippen LogP contribution in [0.4, 0.5) is 0 Å². The molecule has 1 spiro atoms. The lowest BCUT2D eigenvalue weighted by atomic mass is 9.48. The molecule has 2 aromatic rings. The molecule has 8 heteroatoms. The summed E-state index contributed by atoms with van der Waals surface area (Å²) in [6.45, 7) is 1.88. The molecule has 0 unspecified atom stereocenters. The van der Waals surface area contributed by atoms with Gasteiger partial charge in [-0.25, -0.2) is 0 Å². The number of hydrogen-bond donors (Lipinski definition) is 3. The molecule has 180 valence electrons. The highest BCUT2D eigenvalue weighted by atomic mass is 16.5. The van der Waals surface area contributed by atoms with Crippen LogP contribution in [0.25, 0.3) is 0 Å². The lowest BCUT2D eigenvalue weighted by molar-refractivity contribution is -0.191. The quantitative estimate of drug-likeness (QED) is 0.623. The van der Waals surface area contributed by atoms with Gasteiger partial charge in [-0.3, -0.25) is 14.7 Å². The van der Waals surface area contributed by atoms with E-state index in [0.717, 1.165) is 36.6 Å². The van der Waals surface area contributed by atoms with Crippen LogP contribution in [-0.2, 0) is 11.8 Å². The molecule has 35 heavy (non-hydrogen) atoms. The van der Waals surface area contributed by atoms with Crippen molar-refractivity contribution in [1.82, 2.24) is 15.2 Å². The number of hydrogen-bond acceptors (Lipinski definition) is 7. The first-order valence-corrected chi connectivity index (χ1v) is 12.6. The Morgan fingerprint density at radius 1 is 1.29 bits per heavy atom. The number of ether oxygens (including phenoxy) is 1. The van der Waals surface area contributed by atoms with Crippen LogP contribution in [0.1, 0.15) is 59.2 Å². The second kappa shape index (κ2) is 7.19. The number of nitriles is 1. The Morgan fingerprint density at radius 2 is 2.14 bits per heavy atom. The third kappa shape index (κ3) is 2.74. The number of phenolic OH excluding ortho intramolecular Hbond substituents is 1. The maximum Gasteiger partial charge on any atom is 0.253 e. The highest BCUT2D eigenvalue weighted by molar-refractivity contribution is 5.96. The fourth-order valence-corrected chi connectivity index (χ4v) is 7.56. The summed E-state index contributed by atoms with van der Waals surface area (Å²) >= 11 is 0. The zero-order valence-corrected chi connectivity index (χ0v) is 19.4. The van der Waals surface area contributed by atoms with Crippen molar-refractivity contribution < 1.29 is 19.7 Å². The summed E-state index contributed by atoms with van der Waals surface area (Å²) in [5.74, 6) is 0.922. The Bertz CT molecular complexity index is 1290. The number of rotatable bonds is 4. The van der Waals surface area contributed by atoms with Crippen molar-refractivity contribution in [1.29, 1.82) is 5.26 Å². The number of aliphatic hydroxyl groups is 1. The third-order valence-electron chi connectivity index (χ3n) is 9.27. The van der Waals surface area contributed by atoms with Crippen LogP contribution < -0.4 is 10.1 Å². The van der Waals surface area contributed by atoms with E-state index in [-0.39, 0.29) is 34.9 Å². The summed E-state index contributed by atoms with van der Waals surface area (Å²) in [4.78, 5) is 19.7. The first-order valence-electron chi connectivity index (χ1n) is 12.6. The number of carbonyl (C=O) groups excluding carboxylic acids is 1. The largest absolute Gasteiger partial charge is 0.504 e. The van der Waals surface area contributed by atoms with E-state index < -0.39 is 17.1 Å². The van der Waals surface area contributed by atoms with Crippen LogP contribution in [0.15, 0.2) is 30.6 Å². The van der Waals surface area contributed by atoms with Gasteiger partial charge >= 0.3 is 0 Å². The number of aromatic hydroxyl groups is 1. The summed E-state index contributed by atoms with van der Waals surface area (Å²) in [5.41, 5.74) is 0.882. The number of carbonyl (C=O) groups is 1. The number of phenols is 1. The molecule has 5 atom stereocenters. The van der Waals surface area contributed by atoms with Crippen LogP contribution in [0.5, 0.6) is 11.5 Å². The van der Waals surface area contributed by atoms with Crippen LogP contribution in [-0.4, -0.2) is 62.9 Å². The molecular formula is C27H28N4O4. The van der Waals surface area contributed by atoms with Gasteiger partial charge in [-0.05, 0) is 68.7 Å². The second-order valence-corrected chi connectivity index (χ2v) is 10.9. The van der Waals surface area contributed by atoms with Gasteiger partial charge in [-0.15, -0.1) is 0 Å². The number of benzene rings is 1. The normalized spacial score (nSPS) is 34.5. The summed E-state index contributed by atoms with van der Waals surface area (Å²) in [5, 5.41) is 35.8. The Kier molecular flexibility index (Phi) is 4.34. The first-order chi connectivity index (χ1) is 17.0. The van der Waals surface area contributed by atoms with Gasteiger partial charge in [0, 0.05) is 30.5 Å². The summed E-state index contributed by atoms with van der Waals surface area (Å²) in [6.07, 6.45) is 7.48. The minimum absolute atomic E-state index is 0.00650. The number of likely N-dealkylation sites (tertiary alicyclic amines) is 1. The van der Waals surface area contributed by atoms with Gasteiger partial charge in [0.25, 0.3) is 5.91 Å². The SMILES string of the molecule is N#Cc1cnccc1C(=O)N[C@@H]1CC[C@@]2(O)[C@@H]3Cc4ccc(O)c5c4[C@@]2(CCN3CC2CC2)[C@H]1O5. The average molecular weight is 473 g/mol. The van der Waals surface area contributed by atoms with E-state index >= 15 is 0 Å². The Morgan fingerprint density at radius 3 is 2.94 bits per heavy atom. The number of pyridine rings is 1. The molecule has 1 aromatic heterocycles. The molecule has 3 fully saturated rings. The molecular weight excluding hydrogens is 444 g/mol. The van der Waals surface area contributed by atoms with E-state index in [4.69, 9.17) is 4.74 Å². The molecule has 8 nitrogen and oxygen atoms in total. The molecule has 2 bridgehead atoms. The molecule has 7 rings (SSSR count). The van der Waals surface area contributed by atoms with Crippen LogP contribution in [0, 0.1) is 17.2 Å². The predicted molar refractivity (Wildman–Crippen MR) is 125 cm³/mol. The molecule has 5 aliphatic rings. The van der Waals surface area contributed by atoms with Crippen molar-refractivity contribution in [2.45, 2.75) is 67.7 Å². The maximum atomic E-state index is 13.2. The highest BCUT2D eigenvalue weighted by Crippen LogP contribution is 2.65. The van der Waals surface area contributed by atoms with Gasteiger partial charge < -0.3 is 20.3 Å². The standard InChI is InChI=1S/C27H28N4O4/c28-12-17-13-29-9-6-18(17)25(33)30-19-5-7-27(34)21-11-16-3-4-20(32)23-22(16)26(27,24(19)35-23)8-10-31(21)14-15-1-2-15/h3-4,6,9,13,15,19,21,24,32,34H,1-2,5,7-8,10-11,14H2,(H,30,33)/t19-,21+,24+,26+,27-/m1/s1. The average Bonchev–Trinajstić information content (AvgIpc) is 3.60. The minimum Gasteiger partial charge on any atom is -0.504 e. The summed E-state index contributed by atoms with van der Waals surface area (Å²) in [6, 6.07) is 6.88. The van der Waals surface area contributed by atoms with Crippen molar-refractivity contribution in [3.63, 3.8) is 0 Å². The van der Waals surface area contributed by atoms with E-state index in [9.17, 15) is 20.3 Å². The highest BCUT2D eigenvalue weighted by Gasteiger charge is 2.73.